The SMILES string of the molecule is CCc1nc(CNc2ccc(CN3CCC(O)CC3)cc2)cs1. The fourth-order valence-corrected chi connectivity index (χ4v) is 3.59. The van der Waals surface area contributed by atoms with E-state index < -0.39 is 0 Å². The van der Waals surface area contributed by atoms with E-state index in [9.17, 15) is 5.11 Å². The Morgan fingerprint density at radius 3 is 2.65 bits per heavy atom. The average Bonchev–Trinajstić information content (AvgIpc) is 3.04. The number of rotatable bonds is 6. The molecule has 0 spiro atoms. The maximum Gasteiger partial charge on any atom is 0.0926 e. The molecule has 4 nitrogen and oxygen atoms in total. The monoisotopic (exact) mass is 331 g/mol. The minimum Gasteiger partial charge on any atom is -0.393 e. The number of hydrogen-bond donors (Lipinski definition) is 2. The first-order chi connectivity index (χ1) is 11.2. The Kier molecular flexibility index (Phi) is 5.65. The van der Waals surface area contributed by atoms with Crippen LogP contribution >= 0.6 is 11.3 Å². The van der Waals surface area contributed by atoms with E-state index in [0.29, 0.717) is 0 Å². The Labute approximate surface area is 142 Å². The zero-order valence-corrected chi connectivity index (χ0v) is 14.5. The maximum absolute atomic E-state index is 9.56. The van der Waals surface area contributed by atoms with Crippen molar-refractivity contribution in [3.63, 3.8) is 0 Å². The maximum atomic E-state index is 9.56. The molecule has 1 aliphatic rings. The van der Waals surface area contributed by atoms with Gasteiger partial charge in [-0.2, -0.15) is 0 Å². The van der Waals surface area contributed by atoms with Gasteiger partial charge in [0, 0.05) is 30.7 Å². The lowest BCUT2D eigenvalue weighted by Gasteiger charge is -2.29. The number of aromatic nitrogens is 1. The predicted octanol–water partition coefficient (Wildman–Crippen LogP) is 3.27. The number of aliphatic hydroxyl groups is 1. The van der Waals surface area contributed by atoms with E-state index in [2.05, 4.69) is 51.8 Å². The molecule has 1 aliphatic heterocycles. The highest BCUT2D eigenvalue weighted by molar-refractivity contribution is 7.09. The van der Waals surface area contributed by atoms with Gasteiger partial charge in [-0.25, -0.2) is 4.98 Å². The molecule has 1 saturated heterocycles. The molecule has 3 rings (SSSR count). The van der Waals surface area contributed by atoms with Gasteiger partial charge in [0.25, 0.3) is 0 Å². The number of benzene rings is 1. The van der Waals surface area contributed by atoms with E-state index in [1.165, 1.54) is 10.6 Å². The zero-order chi connectivity index (χ0) is 16.1. The van der Waals surface area contributed by atoms with Gasteiger partial charge >= 0.3 is 0 Å². The molecule has 0 unspecified atom stereocenters. The van der Waals surface area contributed by atoms with Crippen molar-refractivity contribution in [3.8, 4) is 0 Å². The molecule has 0 amide bonds. The van der Waals surface area contributed by atoms with Gasteiger partial charge in [-0.15, -0.1) is 11.3 Å². The minimum absolute atomic E-state index is 0.100. The van der Waals surface area contributed by atoms with Crippen molar-refractivity contribution < 1.29 is 5.11 Å². The molecule has 0 aliphatic carbocycles. The zero-order valence-electron chi connectivity index (χ0n) is 13.7. The number of thiazole rings is 1. The molecule has 0 atom stereocenters. The van der Waals surface area contributed by atoms with Crippen LogP contribution in [0.5, 0.6) is 0 Å². The van der Waals surface area contributed by atoms with Gasteiger partial charge in [-0.1, -0.05) is 19.1 Å². The van der Waals surface area contributed by atoms with E-state index in [1.54, 1.807) is 11.3 Å². The van der Waals surface area contributed by atoms with Crippen molar-refractivity contribution in [1.29, 1.82) is 0 Å². The molecule has 23 heavy (non-hydrogen) atoms. The minimum atomic E-state index is -0.100. The highest BCUT2D eigenvalue weighted by Crippen LogP contribution is 2.17. The predicted molar refractivity (Wildman–Crippen MR) is 95.8 cm³/mol. The van der Waals surface area contributed by atoms with Gasteiger partial charge < -0.3 is 10.4 Å². The van der Waals surface area contributed by atoms with Crippen LogP contribution in [-0.4, -0.2) is 34.2 Å². The summed E-state index contributed by atoms with van der Waals surface area (Å²) in [5, 5.41) is 16.3. The van der Waals surface area contributed by atoms with Crippen LogP contribution in [0.3, 0.4) is 0 Å². The summed E-state index contributed by atoms with van der Waals surface area (Å²) in [7, 11) is 0. The molecule has 5 heteroatoms. The number of hydrogen-bond acceptors (Lipinski definition) is 5. The van der Waals surface area contributed by atoms with Crippen LogP contribution in [0.4, 0.5) is 5.69 Å². The van der Waals surface area contributed by atoms with E-state index in [4.69, 9.17) is 0 Å². The van der Waals surface area contributed by atoms with Crippen LogP contribution in [0.2, 0.25) is 0 Å². The van der Waals surface area contributed by atoms with Crippen LogP contribution in [0, 0.1) is 0 Å². The molecule has 1 aromatic carbocycles. The third-order valence-electron chi connectivity index (χ3n) is 4.29. The summed E-state index contributed by atoms with van der Waals surface area (Å²) in [4.78, 5) is 6.99. The van der Waals surface area contributed by atoms with Gasteiger partial charge in [0.05, 0.1) is 23.4 Å². The van der Waals surface area contributed by atoms with Crippen LogP contribution in [0.15, 0.2) is 29.6 Å². The van der Waals surface area contributed by atoms with Gasteiger partial charge in [0.1, 0.15) is 0 Å². The number of aryl methyl sites for hydroxylation is 1. The number of nitrogens with one attached hydrogen (secondary N) is 1. The second-order valence-corrected chi connectivity index (χ2v) is 7.09. The van der Waals surface area contributed by atoms with Gasteiger partial charge in [-0.3, -0.25) is 4.90 Å². The molecule has 2 heterocycles. The van der Waals surface area contributed by atoms with E-state index in [-0.39, 0.29) is 6.10 Å². The molecular weight excluding hydrogens is 306 g/mol. The van der Waals surface area contributed by atoms with Gasteiger partial charge in [0.2, 0.25) is 0 Å². The molecular formula is C18H25N3OS. The van der Waals surface area contributed by atoms with Crippen LogP contribution in [0.1, 0.15) is 36.0 Å². The Hall–Kier alpha value is -1.43. The molecule has 1 aromatic heterocycles. The highest BCUT2D eigenvalue weighted by atomic mass is 32.1. The normalized spacial score (nSPS) is 16.6. The van der Waals surface area contributed by atoms with Crippen molar-refractivity contribution in [2.75, 3.05) is 18.4 Å². The largest absolute Gasteiger partial charge is 0.393 e. The van der Waals surface area contributed by atoms with E-state index in [0.717, 1.165) is 56.8 Å². The number of aliphatic hydroxyl groups excluding tert-OH is 1. The summed E-state index contributed by atoms with van der Waals surface area (Å²) in [5.41, 5.74) is 3.57. The summed E-state index contributed by atoms with van der Waals surface area (Å²) in [6.07, 6.45) is 2.70. The second kappa shape index (κ2) is 7.90. The summed E-state index contributed by atoms with van der Waals surface area (Å²) in [6, 6.07) is 8.65. The third-order valence-corrected chi connectivity index (χ3v) is 5.33. The first-order valence-electron chi connectivity index (χ1n) is 8.39. The standard InChI is InChI=1S/C18H25N3OS/c1-2-18-20-16(13-23-18)11-19-15-5-3-14(4-6-15)12-21-9-7-17(22)8-10-21/h3-6,13,17,19,22H,2,7-12H2,1H3. The number of anilines is 1. The topological polar surface area (TPSA) is 48.4 Å². The molecule has 0 radical (unpaired) electrons. The number of nitrogens with zero attached hydrogens (tertiary/aromatic N) is 2. The summed E-state index contributed by atoms with van der Waals surface area (Å²) in [5.74, 6) is 0. The van der Waals surface area contributed by atoms with E-state index in [1.807, 2.05) is 0 Å². The summed E-state index contributed by atoms with van der Waals surface area (Å²) >= 11 is 1.73. The Morgan fingerprint density at radius 1 is 1.26 bits per heavy atom. The quantitative estimate of drug-likeness (QED) is 0.853. The van der Waals surface area contributed by atoms with Gasteiger partial charge in [-0.05, 0) is 37.0 Å². The van der Waals surface area contributed by atoms with E-state index >= 15 is 0 Å². The van der Waals surface area contributed by atoms with Crippen LogP contribution in [-0.2, 0) is 19.5 Å². The lowest BCUT2D eigenvalue weighted by molar-refractivity contribution is 0.0792. The van der Waals surface area contributed by atoms with Gasteiger partial charge in [0.15, 0.2) is 0 Å². The fraction of sp³-hybridized carbons (Fsp3) is 0.500. The molecule has 0 saturated carbocycles. The third kappa shape index (κ3) is 4.77. The van der Waals surface area contributed by atoms with Crippen molar-refractivity contribution in [1.82, 2.24) is 9.88 Å². The van der Waals surface area contributed by atoms with Crippen molar-refractivity contribution in [2.24, 2.45) is 0 Å². The summed E-state index contributed by atoms with van der Waals surface area (Å²) in [6.45, 7) is 5.87. The average molecular weight is 331 g/mol. The number of likely N-dealkylation sites (tertiary alicyclic amines) is 1. The lowest BCUT2D eigenvalue weighted by Crippen LogP contribution is -2.35. The first-order valence-corrected chi connectivity index (χ1v) is 9.27. The molecule has 2 N–H and O–H groups in total. The highest BCUT2D eigenvalue weighted by Gasteiger charge is 2.16. The van der Waals surface area contributed by atoms with Crippen molar-refractivity contribution in [3.05, 3.63) is 45.9 Å². The smallest absolute Gasteiger partial charge is 0.0926 e. The van der Waals surface area contributed by atoms with Crippen molar-refractivity contribution >= 4 is 17.0 Å². The molecule has 2 aromatic rings. The Balaban J connectivity index is 1.48. The fourth-order valence-electron chi connectivity index (χ4n) is 2.85. The second-order valence-electron chi connectivity index (χ2n) is 6.14. The Bertz CT molecular complexity index is 603. The Morgan fingerprint density at radius 2 is 2.00 bits per heavy atom. The first kappa shape index (κ1) is 16.4. The number of piperidine rings is 1. The summed E-state index contributed by atoms with van der Waals surface area (Å²) < 4.78 is 0. The van der Waals surface area contributed by atoms with Crippen molar-refractivity contribution in [2.45, 2.75) is 45.4 Å². The molecule has 0 bridgehead atoms. The molecule has 124 valence electrons. The van der Waals surface area contributed by atoms with Crippen LogP contribution < -0.4 is 5.32 Å². The lowest BCUT2D eigenvalue weighted by atomic mass is 10.1. The van der Waals surface area contributed by atoms with Crippen LogP contribution in [0.25, 0.3) is 0 Å². The molecule has 1 fully saturated rings.